The van der Waals surface area contributed by atoms with Gasteiger partial charge in [-0.2, -0.15) is 0 Å². The Morgan fingerprint density at radius 2 is 2.33 bits per heavy atom. The molecule has 0 radical (unpaired) electrons. The van der Waals surface area contributed by atoms with Gasteiger partial charge in [-0.3, -0.25) is 0 Å². The molecule has 0 spiro atoms. The standard InChI is InChI=1S/C10H16O2/c1-4-7(2)5-6-8-10(3)9(11-8)12-10/h5-9H,4H2,1-3H3. The molecule has 0 saturated carbocycles. The van der Waals surface area contributed by atoms with Gasteiger partial charge in [0.2, 0.25) is 0 Å². The molecule has 0 amide bonds. The summed E-state index contributed by atoms with van der Waals surface area (Å²) in [5.74, 6) is 0.648. The summed E-state index contributed by atoms with van der Waals surface area (Å²) in [5.41, 5.74) is 0.0317. The fourth-order valence-corrected chi connectivity index (χ4v) is 1.42. The number of fused-ring (bicyclic) bond motifs is 1. The lowest BCUT2D eigenvalue weighted by molar-refractivity contribution is -0.0438. The zero-order chi connectivity index (χ0) is 8.77. The highest BCUT2D eigenvalue weighted by atomic mass is 16.8. The zero-order valence-corrected chi connectivity index (χ0v) is 7.91. The minimum atomic E-state index is 0.0317. The predicted molar refractivity (Wildman–Crippen MR) is 46.7 cm³/mol. The lowest BCUT2D eigenvalue weighted by atomic mass is 9.97. The van der Waals surface area contributed by atoms with Gasteiger partial charge in [-0.15, -0.1) is 0 Å². The summed E-state index contributed by atoms with van der Waals surface area (Å²) in [6, 6.07) is 0. The summed E-state index contributed by atoms with van der Waals surface area (Å²) in [5, 5.41) is 0. The Labute approximate surface area is 73.5 Å². The molecule has 2 nitrogen and oxygen atoms in total. The molecule has 2 aliphatic heterocycles. The largest absolute Gasteiger partial charge is 0.339 e. The quantitative estimate of drug-likeness (QED) is 0.475. The number of hydrogen-bond donors (Lipinski definition) is 0. The summed E-state index contributed by atoms with van der Waals surface area (Å²) in [6.45, 7) is 6.50. The number of hydrogen-bond acceptors (Lipinski definition) is 2. The van der Waals surface area contributed by atoms with E-state index in [0.29, 0.717) is 5.92 Å². The summed E-state index contributed by atoms with van der Waals surface area (Å²) < 4.78 is 10.7. The summed E-state index contributed by atoms with van der Waals surface area (Å²) in [6.07, 6.45) is 5.84. The fraction of sp³-hybridized carbons (Fsp3) is 0.800. The topological polar surface area (TPSA) is 21.8 Å². The van der Waals surface area contributed by atoms with Gasteiger partial charge in [0.05, 0.1) is 0 Å². The van der Waals surface area contributed by atoms with Crippen molar-refractivity contribution in [1.29, 1.82) is 0 Å². The van der Waals surface area contributed by atoms with E-state index in [9.17, 15) is 0 Å². The Kier molecular flexibility index (Phi) is 1.77. The molecule has 2 heterocycles. The van der Waals surface area contributed by atoms with Crippen molar-refractivity contribution in [3.63, 3.8) is 0 Å². The monoisotopic (exact) mass is 168 g/mol. The molecule has 2 saturated heterocycles. The van der Waals surface area contributed by atoms with Gasteiger partial charge in [0.15, 0.2) is 6.29 Å². The van der Waals surface area contributed by atoms with Crippen molar-refractivity contribution in [3.8, 4) is 0 Å². The first-order chi connectivity index (χ1) is 5.66. The number of rotatable bonds is 3. The summed E-state index contributed by atoms with van der Waals surface area (Å²) >= 11 is 0. The second-order valence-electron chi connectivity index (χ2n) is 3.96. The van der Waals surface area contributed by atoms with E-state index in [1.165, 1.54) is 6.42 Å². The van der Waals surface area contributed by atoms with Crippen LogP contribution in [0.25, 0.3) is 0 Å². The molecule has 0 aromatic carbocycles. The highest BCUT2D eigenvalue weighted by molar-refractivity contribution is 5.17. The minimum Gasteiger partial charge on any atom is -0.339 e. The van der Waals surface area contributed by atoms with Gasteiger partial charge in [0.1, 0.15) is 11.7 Å². The summed E-state index contributed by atoms with van der Waals surface area (Å²) in [4.78, 5) is 0. The van der Waals surface area contributed by atoms with E-state index in [1.54, 1.807) is 0 Å². The van der Waals surface area contributed by atoms with E-state index in [4.69, 9.17) is 9.47 Å². The van der Waals surface area contributed by atoms with Gasteiger partial charge < -0.3 is 9.47 Å². The lowest BCUT2D eigenvalue weighted by Gasteiger charge is -2.25. The first kappa shape index (κ1) is 8.27. The van der Waals surface area contributed by atoms with Gasteiger partial charge in [-0.25, -0.2) is 0 Å². The number of allylic oxidation sites excluding steroid dienone is 1. The smallest absolute Gasteiger partial charge is 0.191 e. The molecule has 2 fully saturated rings. The van der Waals surface area contributed by atoms with Crippen molar-refractivity contribution in [2.45, 2.75) is 45.2 Å². The van der Waals surface area contributed by atoms with E-state index >= 15 is 0 Å². The Bertz CT molecular complexity index is 212. The molecule has 0 N–H and O–H groups in total. The van der Waals surface area contributed by atoms with Crippen molar-refractivity contribution >= 4 is 0 Å². The summed E-state index contributed by atoms with van der Waals surface area (Å²) in [7, 11) is 0. The molecule has 2 rings (SSSR count). The third-order valence-electron chi connectivity index (χ3n) is 2.87. The van der Waals surface area contributed by atoms with E-state index in [1.807, 2.05) is 0 Å². The number of ether oxygens (including phenoxy) is 2. The van der Waals surface area contributed by atoms with Gasteiger partial charge in [0.25, 0.3) is 0 Å². The first-order valence-electron chi connectivity index (χ1n) is 4.68. The van der Waals surface area contributed by atoms with Gasteiger partial charge in [-0.1, -0.05) is 32.4 Å². The Balaban J connectivity index is 1.84. The third kappa shape index (κ3) is 1.10. The molecule has 68 valence electrons. The van der Waals surface area contributed by atoms with Crippen LogP contribution < -0.4 is 0 Å². The molecule has 2 aliphatic rings. The van der Waals surface area contributed by atoms with E-state index < -0.39 is 0 Å². The normalized spacial score (nSPS) is 46.9. The molecule has 12 heavy (non-hydrogen) atoms. The van der Waals surface area contributed by atoms with E-state index in [0.717, 1.165) is 0 Å². The predicted octanol–water partition coefficient (Wildman–Crippen LogP) is 2.10. The van der Waals surface area contributed by atoms with Crippen LogP contribution in [0.15, 0.2) is 12.2 Å². The van der Waals surface area contributed by atoms with Crippen LogP contribution in [0.5, 0.6) is 0 Å². The average Bonchev–Trinajstić information content (AvgIpc) is 2.58. The molecule has 0 aromatic heterocycles. The zero-order valence-electron chi connectivity index (χ0n) is 7.91. The maximum atomic E-state index is 5.40. The van der Waals surface area contributed by atoms with E-state index in [-0.39, 0.29) is 18.0 Å². The van der Waals surface area contributed by atoms with Crippen LogP contribution in [0.4, 0.5) is 0 Å². The second kappa shape index (κ2) is 2.57. The molecule has 4 atom stereocenters. The highest BCUT2D eigenvalue weighted by Crippen LogP contribution is 2.52. The highest BCUT2D eigenvalue weighted by Gasteiger charge is 2.69. The minimum absolute atomic E-state index is 0.0317. The van der Waals surface area contributed by atoms with Gasteiger partial charge in [0, 0.05) is 0 Å². The maximum absolute atomic E-state index is 5.40. The SMILES string of the molecule is CCC(C)C=CC1OC2OC12C. The molecular formula is C10H16O2. The fourth-order valence-electron chi connectivity index (χ4n) is 1.42. The van der Waals surface area contributed by atoms with Crippen LogP contribution in [-0.2, 0) is 9.47 Å². The van der Waals surface area contributed by atoms with Crippen LogP contribution in [0.2, 0.25) is 0 Å². The third-order valence-corrected chi connectivity index (χ3v) is 2.87. The van der Waals surface area contributed by atoms with Crippen molar-refractivity contribution in [1.82, 2.24) is 0 Å². The van der Waals surface area contributed by atoms with Crippen molar-refractivity contribution in [2.75, 3.05) is 0 Å². The second-order valence-corrected chi connectivity index (χ2v) is 3.96. The number of epoxide rings is 1. The van der Waals surface area contributed by atoms with Crippen molar-refractivity contribution in [2.24, 2.45) is 5.92 Å². The molecule has 0 aliphatic carbocycles. The Morgan fingerprint density at radius 1 is 1.58 bits per heavy atom. The molecule has 2 heteroatoms. The lowest BCUT2D eigenvalue weighted by Crippen LogP contribution is -2.41. The molecule has 0 aromatic rings. The van der Waals surface area contributed by atoms with Gasteiger partial charge >= 0.3 is 0 Å². The molecular weight excluding hydrogens is 152 g/mol. The first-order valence-corrected chi connectivity index (χ1v) is 4.68. The molecule has 4 unspecified atom stereocenters. The Hall–Kier alpha value is -0.340. The average molecular weight is 168 g/mol. The van der Waals surface area contributed by atoms with Crippen molar-refractivity contribution < 1.29 is 9.47 Å². The van der Waals surface area contributed by atoms with Gasteiger partial charge in [-0.05, 0) is 12.8 Å². The van der Waals surface area contributed by atoms with E-state index in [2.05, 4.69) is 32.9 Å². The van der Waals surface area contributed by atoms with Crippen LogP contribution in [-0.4, -0.2) is 18.0 Å². The van der Waals surface area contributed by atoms with Crippen molar-refractivity contribution in [3.05, 3.63) is 12.2 Å². The van der Waals surface area contributed by atoms with Crippen LogP contribution >= 0.6 is 0 Å². The Morgan fingerprint density at radius 3 is 2.75 bits per heavy atom. The van der Waals surface area contributed by atoms with Crippen LogP contribution in [0.3, 0.4) is 0 Å². The molecule has 0 bridgehead atoms. The van der Waals surface area contributed by atoms with Crippen LogP contribution in [0.1, 0.15) is 27.2 Å². The van der Waals surface area contributed by atoms with Crippen LogP contribution in [0, 0.1) is 5.92 Å². The maximum Gasteiger partial charge on any atom is 0.191 e.